The highest BCUT2D eigenvalue weighted by Crippen LogP contribution is 2.20. The number of rotatable bonds is 6. The SMILES string of the molecule is CCNCc1ccccc1NC(=O)c1nc(C(C)C)ncc1Cl. The number of halogens is 1. The molecule has 0 saturated heterocycles. The summed E-state index contributed by atoms with van der Waals surface area (Å²) in [6.07, 6.45) is 1.48. The first kappa shape index (κ1) is 17.4. The molecule has 1 amide bonds. The number of amides is 1. The number of anilines is 1. The maximum Gasteiger partial charge on any atom is 0.275 e. The van der Waals surface area contributed by atoms with Gasteiger partial charge in [0.05, 0.1) is 11.2 Å². The van der Waals surface area contributed by atoms with Crippen LogP contribution in [0.4, 0.5) is 5.69 Å². The second kappa shape index (κ2) is 8.04. The van der Waals surface area contributed by atoms with E-state index in [9.17, 15) is 4.79 Å². The molecule has 2 N–H and O–H groups in total. The lowest BCUT2D eigenvalue weighted by Gasteiger charge is -2.12. The van der Waals surface area contributed by atoms with Crippen molar-refractivity contribution in [1.82, 2.24) is 15.3 Å². The predicted octanol–water partition coefficient (Wildman–Crippen LogP) is 3.62. The number of hydrogen-bond acceptors (Lipinski definition) is 4. The number of nitrogens with zero attached hydrogens (tertiary/aromatic N) is 2. The van der Waals surface area contributed by atoms with Gasteiger partial charge in [-0.05, 0) is 18.2 Å². The molecule has 0 atom stereocenters. The maximum absolute atomic E-state index is 12.5. The van der Waals surface area contributed by atoms with Gasteiger partial charge in [-0.25, -0.2) is 9.97 Å². The molecule has 1 aromatic heterocycles. The fourth-order valence-corrected chi connectivity index (χ4v) is 2.23. The van der Waals surface area contributed by atoms with Crippen LogP contribution in [-0.2, 0) is 6.54 Å². The molecule has 0 radical (unpaired) electrons. The minimum absolute atomic E-state index is 0.125. The van der Waals surface area contributed by atoms with Crippen molar-refractivity contribution in [2.75, 3.05) is 11.9 Å². The molecule has 122 valence electrons. The lowest BCUT2D eigenvalue weighted by Crippen LogP contribution is -2.19. The summed E-state index contributed by atoms with van der Waals surface area (Å²) in [7, 11) is 0. The molecule has 1 heterocycles. The quantitative estimate of drug-likeness (QED) is 0.848. The summed E-state index contributed by atoms with van der Waals surface area (Å²) in [6.45, 7) is 7.52. The van der Waals surface area contributed by atoms with Crippen LogP contribution in [0.1, 0.15) is 48.6 Å². The van der Waals surface area contributed by atoms with E-state index in [2.05, 4.69) is 20.6 Å². The Morgan fingerprint density at radius 3 is 2.74 bits per heavy atom. The molecule has 0 aliphatic carbocycles. The Bertz CT molecular complexity index is 688. The Morgan fingerprint density at radius 1 is 1.30 bits per heavy atom. The first-order valence-electron chi connectivity index (χ1n) is 7.65. The standard InChI is InChI=1S/C17H21ClN4O/c1-4-19-9-12-7-5-6-8-14(12)21-17(23)15-13(18)10-20-16(22-15)11(2)3/h5-8,10-11,19H,4,9H2,1-3H3,(H,21,23). The smallest absolute Gasteiger partial charge is 0.275 e. The molecular weight excluding hydrogens is 312 g/mol. The summed E-state index contributed by atoms with van der Waals surface area (Å²) in [5.41, 5.74) is 1.96. The van der Waals surface area contributed by atoms with Crippen LogP contribution < -0.4 is 10.6 Å². The minimum Gasteiger partial charge on any atom is -0.320 e. The van der Waals surface area contributed by atoms with Crippen molar-refractivity contribution >= 4 is 23.2 Å². The summed E-state index contributed by atoms with van der Waals surface area (Å²) in [5, 5.41) is 6.39. The zero-order chi connectivity index (χ0) is 16.8. The second-order valence-corrected chi connectivity index (χ2v) is 5.88. The highest BCUT2D eigenvalue weighted by molar-refractivity contribution is 6.33. The summed E-state index contributed by atoms with van der Waals surface area (Å²) in [6, 6.07) is 7.66. The van der Waals surface area contributed by atoms with Crippen LogP contribution in [0.3, 0.4) is 0 Å². The number of aromatic nitrogens is 2. The van der Waals surface area contributed by atoms with E-state index in [0.717, 1.165) is 17.8 Å². The average Bonchev–Trinajstić information content (AvgIpc) is 2.54. The Hall–Kier alpha value is -1.98. The van der Waals surface area contributed by atoms with Gasteiger partial charge in [0, 0.05) is 18.2 Å². The van der Waals surface area contributed by atoms with Gasteiger partial charge >= 0.3 is 0 Å². The van der Waals surface area contributed by atoms with Crippen LogP contribution in [-0.4, -0.2) is 22.4 Å². The van der Waals surface area contributed by atoms with E-state index in [1.807, 2.05) is 45.0 Å². The molecule has 0 spiro atoms. The summed E-state index contributed by atoms with van der Waals surface area (Å²) in [4.78, 5) is 21.0. The van der Waals surface area contributed by atoms with Gasteiger partial charge in [0.2, 0.25) is 0 Å². The van der Waals surface area contributed by atoms with E-state index in [4.69, 9.17) is 11.6 Å². The molecule has 0 saturated carbocycles. The van der Waals surface area contributed by atoms with E-state index in [1.54, 1.807) is 0 Å². The van der Waals surface area contributed by atoms with Crippen molar-refractivity contribution in [1.29, 1.82) is 0 Å². The van der Waals surface area contributed by atoms with Gasteiger partial charge in [0.1, 0.15) is 5.82 Å². The third kappa shape index (κ3) is 4.50. The molecule has 2 rings (SSSR count). The van der Waals surface area contributed by atoms with E-state index in [1.165, 1.54) is 6.20 Å². The molecule has 6 heteroatoms. The number of benzene rings is 1. The summed E-state index contributed by atoms with van der Waals surface area (Å²) in [5.74, 6) is 0.392. The van der Waals surface area contributed by atoms with Crippen molar-refractivity contribution in [3.05, 3.63) is 52.6 Å². The van der Waals surface area contributed by atoms with Crippen molar-refractivity contribution < 1.29 is 4.79 Å². The molecule has 0 aliphatic heterocycles. The molecule has 23 heavy (non-hydrogen) atoms. The number of carbonyl (C=O) groups is 1. The molecule has 0 bridgehead atoms. The molecule has 1 aromatic carbocycles. The highest BCUT2D eigenvalue weighted by Gasteiger charge is 2.16. The normalized spacial score (nSPS) is 10.8. The van der Waals surface area contributed by atoms with Crippen molar-refractivity contribution in [3.63, 3.8) is 0 Å². The van der Waals surface area contributed by atoms with Crippen LogP contribution in [0, 0.1) is 0 Å². The Labute approximate surface area is 141 Å². The Kier molecular flexibility index (Phi) is 6.07. The number of hydrogen-bond donors (Lipinski definition) is 2. The zero-order valence-electron chi connectivity index (χ0n) is 13.6. The molecule has 0 fully saturated rings. The van der Waals surface area contributed by atoms with Crippen molar-refractivity contribution in [3.8, 4) is 0 Å². The molecular formula is C17H21ClN4O. The first-order valence-corrected chi connectivity index (χ1v) is 8.03. The fraction of sp³-hybridized carbons (Fsp3) is 0.353. The van der Waals surface area contributed by atoms with E-state index < -0.39 is 0 Å². The highest BCUT2D eigenvalue weighted by atomic mass is 35.5. The fourth-order valence-electron chi connectivity index (χ4n) is 2.06. The number of nitrogens with one attached hydrogen (secondary N) is 2. The average molecular weight is 333 g/mol. The topological polar surface area (TPSA) is 66.9 Å². The predicted molar refractivity (Wildman–Crippen MR) is 92.9 cm³/mol. The van der Waals surface area contributed by atoms with E-state index in [-0.39, 0.29) is 22.5 Å². The molecule has 0 aliphatic rings. The van der Waals surface area contributed by atoms with Gasteiger partial charge in [-0.15, -0.1) is 0 Å². The third-order valence-corrected chi connectivity index (χ3v) is 3.60. The van der Waals surface area contributed by atoms with E-state index in [0.29, 0.717) is 12.4 Å². The van der Waals surface area contributed by atoms with Crippen molar-refractivity contribution in [2.24, 2.45) is 0 Å². The zero-order valence-corrected chi connectivity index (χ0v) is 14.3. The maximum atomic E-state index is 12.5. The summed E-state index contributed by atoms with van der Waals surface area (Å²) >= 11 is 6.09. The molecule has 5 nitrogen and oxygen atoms in total. The van der Waals surface area contributed by atoms with Gasteiger partial charge in [-0.1, -0.05) is 50.6 Å². The Morgan fingerprint density at radius 2 is 2.04 bits per heavy atom. The van der Waals surface area contributed by atoms with Crippen LogP contribution in [0.15, 0.2) is 30.5 Å². The monoisotopic (exact) mass is 332 g/mol. The van der Waals surface area contributed by atoms with Gasteiger partial charge in [-0.2, -0.15) is 0 Å². The van der Waals surface area contributed by atoms with Gasteiger partial charge in [-0.3, -0.25) is 4.79 Å². The lowest BCUT2D eigenvalue weighted by atomic mass is 10.1. The van der Waals surface area contributed by atoms with Gasteiger partial charge in [0.15, 0.2) is 5.69 Å². The lowest BCUT2D eigenvalue weighted by molar-refractivity contribution is 0.102. The van der Waals surface area contributed by atoms with Gasteiger partial charge < -0.3 is 10.6 Å². The first-order chi connectivity index (χ1) is 11.0. The minimum atomic E-state index is -0.330. The Balaban J connectivity index is 2.24. The van der Waals surface area contributed by atoms with Crippen LogP contribution in [0.2, 0.25) is 5.02 Å². The van der Waals surface area contributed by atoms with Crippen molar-refractivity contribution in [2.45, 2.75) is 33.2 Å². The second-order valence-electron chi connectivity index (χ2n) is 5.47. The van der Waals surface area contributed by atoms with Crippen LogP contribution >= 0.6 is 11.6 Å². The summed E-state index contributed by atoms with van der Waals surface area (Å²) < 4.78 is 0. The van der Waals surface area contributed by atoms with Crippen LogP contribution in [0.25, 0.3) is 0 Å². The molecule has 2 aromatic rings. The number of para-hydroxylation sites is 1. The number of carbonyl (C=O) groups excluding carboxylic acids is 1. The van der Waals surface area contributed by atoms with Crippen LogP contribution in [0.5, 0.6) is 0 Å². The van der Waals surface area contributed by atoms with Gasteiger partial charge in [0.25, 0.3) is 5.91 Å². The largest absolute Gasteiger partial charge is 0.320 e. The molecule has 0 unspecified atom stereocenters. The third-order valence-electron chi connectivity index (χ3n) is 3.33. The van der Waals surface area contributed by atoms with E-state index >= 15 is 0 Å².